The average molecular weight is 326 g/mol. The number of sulfonamides is 1. The Labute approximate surface area is 129 Å². The van der Waals surface area contributed by atoms with Gasteiger partial charge in [0, 0.05) is 24.9 Å². The largest absolute Gasteiger partial charge is 0.305 e. The van der Waals surface area contributed by atoms with Gasteiger partial charge in [0.25, 0.3) is 0 Å². The van der Waals surface area contributed by atoms with Crippen LogP contribution in [0.1, 0.15) is 6.92 Å². The Kier molecular flexibility index (Phi) is 5.38. The Morgan fingerprint density at radius 2 is 1.95 bits per heavy atom. The van der Waals surface area contributed by atoms with Crippen molar-refractivity contribution >= 4 is 21.8 Å². The zero-order valence-electron chi connectivity index (χ0n) is 12.0. The van der Waals surface area contributed by atoms with Crippen LogP contribution in [0, 0.1) is 0 Å². The molecule has 0 saturated carbocycles. The molecule has 8 heteroatoms. The smallest absolute Gasteiger partial charge is 0.211 e. The lowest BCUT2D eigenvalue weighted by atomic mass is 10.2. The van der Waals surface area contributed by atoms with E-state index in [2.05, 4.69) is 14.9 Å². The van der Waals surface area contributed by atoms with Crippen LogP contribution in [0.2, 0.25) is 0 Å². The van der Waals surface area contributed by atoms with Gasteiger partial charge < -0.3 is 4.57 Å². The van der Waals surface area contributed by atoms with Crippen molar-refractivity contribution in [1.29, 1.82) is 0 Å². The maximum Gasteiger partial charge on any atom is 0.211 e. The minimum Gasteiger partial charge on any atom is -0.305 e. The Hall–Kier alpha value is -1.38. The normalized spacial score (nSPS) is 11.7. The van der Waals surface area contributed by atoms with Gasteiger partial charge in [-0.25, -0.2) is 13.1 Å². The minimum atomic E-state index is -3.13. The SMILES string of the molecule is CCS(=O)(=O)NCCSc1nnc(-c2ccccc2)n1C. The van der Waals surface area contributed by atoms with E-state index in [4.69, 9.17) is 0 Å². The van der Waals surface area contributed by atoms with E-state index in [-0.39, 0.29) is 5.75 Å². The third kappa shape index (κ3) is 4.29. The molecule has 1 heterocycles. The van der Waals surface area contributed by atoms with Gasteiger partial charge in [-0.1, -0.05) is 42.1 Å². The molecule has 21 heavy (non-hydrogen) atoms. The maximum absolute atomic E-state index is 11.3. The number of rotatable bonds is 7. The summed E-state index contributed by atoms with van der Waals surface area (Å²) < 4.78 is 27.1. The highest BCUT2D eigenvalue weighted by Crippen LogP contribution is 2.21. The molecule has 1 aromatic carbocycles. The van der Waals surface area contributed by atoms with Crippen molar-refractivity contribution in [3.63, 3.8) is 0 Å². The Bertz CT molecular complexity index is 683. The molecule has 0 atom stereocenters. The number of hydrogen-bond donors (Lipinski definition) is 1. The van der Waals surface area contributed by atoms with E-state index < -0.39 is 10.0 Å². The van der Waals surface area contributed by atoms with Crippen molar-refractivity contribution < 1.29 is 8.42 Å². The molecule has 0 saturated heterocycles. The van der Waals surface area contributed by atoms with Crippen LogP contribution in [0.4, 0.5) is 0 Å². The number of hydrogen-bond acceptors (Lipinski definition) is 5. The van der Waals surface area contributed by atoms with Crippen LogP contribution in [0.3, 0.4) is 0 Å². The van der Waals surface area contributed by atoms with Gasteiger partial charge in [0.2, 0.25) is 10.0 Å². The van der Waals surface area contributed by atoms with Gasteiger partial charge in [0.15, 0.2) is 11.0 Å². The molecular weight excluding hydrogens is 308 g/mol. The fraction of sp³-hybridized carbons (Fsp3) is 0.385. The summed E-state index contributed by atoms with van der Waals surface area (Å²) in [4.78, 5) is 0. The second-order valence-corrected chi connectivity index (χ2v) is 7.54. The lowest BCUT2D eigenvalue weighted by Crippen LogP contribution is -2.27. The highest BCUT2D eigenvalue weighted by molar-refractivity contribution is 7.99. The molecule has 0 aliphatic heterocycles. The van der Waals surface area contributed by atoms with Crippen molar-refractivity contribution in [1.82, 2.24) is 19.5 Å². The predicted molar refractivity (Wildman–Crippen MR) is 84.6 cm³/mol. The van der Waals surface area contributed by atoms with Gasteiger partial charge in [-0.2, -0.15) is 0 Å². The number of benzene rings is 1. The molecule has 0 aliphatic carbocycles. The molecule has 6 nitrogen and oxygen atoms in total. The molecule has 2 aromatic rings. The third-order valence-corrected chi connectivity index (χ3v) is 5.33. The fourth-order valence-electron chi connectivity index (χ4n) is 1.72. The first-order valence-corrected chi connectivity index (χ1v) is 9.22. The molecule has 0 unspecified atom stereocenters. The Morgan fingerprint density at radius 3 is 2.62 bits per heavy atom. The second kappa shape index (κ2) is 7.06. The van der Waals surface area contributed by atoms with Gasteiger partial charge in [-0.3, -0.25) is 0 Å². The first-order chi connectivity index (χ1) is 10.0. The standard InChI is InChI=1S/C13H18N4O2S2/c1-3-21(18,19)14-9-10-20-13-16-15-12(17(13)2)11-7-5-4-6-8-11/h4-8,14H,3,9-10H2,1-2H3. The Balaban J connectivity index is 1.96. The molecule has 0 fully saturated rings. The van der Waals surface area contributed by atoms with Crippen LogP contribution in [0.15, 0.2) is 35.5 Å². The van der Waals surface area contributed by atoms with Crippen molar-refractivity contribution in [3.05, 3.63) is 30.3 Å². The first kappa shape index (κ1) is 16.0. The summed E-state index contributed by atoms with van der Waals surface area (Å²) in [5.74, 6) is 1.51. The lowest BCUT2D eigenvalue weighted by Gasteiger charge is -2.05. The summed E-state index contributed by atoms with van der Waals surface area (Å²) in [5.41, 5.74) is 1.01. The topological polar surface area (TPSA) is 76.9 Å². The van der Waals surface area contributed by atoms with Crippen molar-refractivity contribution in [2.24, 2.45) is 7.05 Å². The van der Waals surface area contributed by atoms with Gasteiger partial charge in [-0.05, 0) is 6.92 Å². The second-order valence-electron chi connectivity index (χ2n) is 4.38. The van der Waals surface area contributed by atoms with Gasteiger partial charge >= 0.3 is 0 Å². The zero-order valence-corrected chi connectivity index (χ0v) is 13.6. The molecule has 0 amide bonds. The van der Waals surface area contributed by atoms with E-state index in [1.54, 1.807) is 6.92 Å². The van der Waals surface area contributed by atoms with E-state index in [1.807, 2.05) is 41.9 Å². The van der Waals surface area contributed by atoms with E-state index in [1.165, 1.54) is 11.8 Å². The molecular formula is C13H18N4O2S2. The summed E-state index contributed by atoms with van der Waals surface area (Å²) >= 11 is 1.48. The van der Waals surface area contributed by atoms with E-state index in [0.717, 1.165) is 16.5 Å². The first-order valence-electron chi connectivity index (χ1n) is 6.58. The average Bonchev–Trinajstić information content (AvgIpc) is 2.86. The van der Waals surface area contributed by atoms with Crippen LogP contribution in [-0.4, -0.2) is 41.2 Å². The summed E-state index contributed by atoms with van der Waals surface area (Å²) in [6.45, 7) is 2.00. The highest BCUT2D eigenvalue weighted by atomic mass is 32.2. The van der Waals surface area contributed by atoms with E-state index in [9.17, 15) is 8.42 Å². The summed E-state index contributed by atoms with van der Waals surface area (Å²) in [7, 11) is -1.22. The molecule has 114 valence electrons. The highest BCUT2D eigenvalue weighted by Gasteiger charge is 2.11. The predicted octanol–water partition coefficient (Wildman–Crippen LogP) is 1.51. The zero-order chi connectivity index (χ0) is 15.3. The maximum atomic E-state index is 11.3. The van der Waals surface area contributed by atoms with Crippen LogP contribution in [0.25, 0.3) is 11.4 Å². The summed E-state index contributed by atoms with van der Waals surface area (Å²) in [6, 6.07) is 9.82. The van der Waals surface area contributed by atoms with E-state index >= 15 is 0 Å². The Morgan fingerprint density at radius 1 is 1.24 bits per heavy atom. The summed E-state index contributed by atoms with van der Waals surface area (Å²) in [5, 5.41) is 9.10. The van der Waals surface area contributed by atoms with Gasteiger partial charge in [0.05, 0.1) is 5.75 Å². The van der Waals surface area contributed by atoms with Gasteiger partial charge in [-0.15, -0.1) is 10.2 Å². The van der Waals surface area contributed by atoms with Crippen LogP contribution >= 0.6 is 11.8 Å². The lowest BCUT2D eigenvalue weighted by molar-refractivity contribution is 0.585. The van der Waals surface area contributed by atoms with Crippen LogP contribution in [0.5, 0.6) is 0 Å². The molecule has 0 radical (unpaired) electrons. The van der Waals surface area contributed by atoms with Crippen LogP contribution in [-0.2, 0) is 17.1 Å². The number of thioether (sulfide) groups is 1. The monoisotopic (exact) mass is 326 g/mol. The molecule has 1 N–H and O–H groups in total. The van der Waals surface area contributed by atoms with Gasteiger partial charge in [0.1, 0.15) is 0 Å². The number of nitrogens with one attached hydrogen (secondary N) is 1. The molecule has 0 spiro atoms. The van der Waals surface area contributed by atoms with Crippen LogP contribution < -0.4 is 4.72 Å². The number of nitrogens with zero attached hydrogens (tertiary/aromatic N) is 3. The minimum absolute atomic E-state index is 0.0970. The van der Waals surface area contributed by atoms with E-state index in [0.29, 0.717) is 12.3 Å². The quantitative estimate of drug-likeness (QED) is 0.616. The van der Waals surface area contributed by atoms with Crippen molar-refractivity contribution in [3.8, 4) is 11.4 Å². The molecule has 0 bridgehead atoms. The number of aromatic nitrogens is 3. The molecule has 0 aliphatic rings. The molecule has 1 aromatic heterocycles. The fourth-order valence-corrected chi connectivity index (χ4v) is 3.23. The van der Waals surface area contributed by atoms with Crippen molar-refractivity contribution in [2.75, 3.05) is 18.1 Å². The van der Waals surface area contributed by atoms with Crippen molar-refractivity contribution in [2.45, 2.75) is 12.1 Å². The molecule has 2 rings (SSSR count). The third-order valence-electron chi connectivity index (χ3n) is 2.90. The summed E-state index contributed by atoms with van der Waals surface area (Å²) in [6.07, 6.45) is 0.